The summed E-state index contributed by atoms with van der Waals surface area (Å²) in [6.07, 6.45) is 3.04. The number of phenols is 1. The zero-order valence-corrected chi connectivity index (χ0v) is 31.0. The van der Waals surface area contributed by atoms with Gasteiger partial charge in [-0.15, -0.1) is 0 Å². The average Bonchev–Trinajstić information content (AvgIpc) is 3.37. The first-order chi connectivity index (χ1) is 26.1. The molecule has 0 spiro atoms. The van der Waals surface area contributed by atoms with Gasteiger partial charge in [-0.05, 0) is 55.7 Å². The van der Waals surface area contributed by atoms with Crippen LogP contribution in [0.1, 0.15) is 58.8 Å². The lowest BCUT2D eigenvalue weighted by Crippen LogP contribution is -2.70. The highest BCUT2D eigenvalue weighted by atomic mass is 19.1. The number of likely N-dealkylation sites (tertiary alicyclic amines) is 1. The number of anilines is 1. The molecule has 8 rings (SSSR count). The van der Waals surface area contributed by atoms with Gasteiger partial charge in [0.2, 0.25) is 5.88 Å². The molecule has 3 saturated heterocycles. The molecule has 1 aliphatic carbocycles. The summed E-state index contributed by atoms with van der Waals surface area (Å²) in [6, 6.07) is 6.79. The number of fused-ring (bicyclic) bond motifs is 3. The number of piperidine rings is 1. The van der Waals surface area contributed by atoms with E-state index >= 15 is 8.78 Å². The summed E-state index contributed by atoms with van der Waals surface area (Å²) < 4.78 is 55.6. The smallest absolute Gasteiger partial charge is 0.319 e. The number of aromatic nitrogens is 3. The molecule has 2 aromatic carbocycles. The summed E-state index contributed by atoms with van der Waals surface area (Å²) in [7, 11) is 1.36. The Morgan fingerprint density at radius 2 is 1.70 bits per heavy atom. The van der Waals surface area contributed by atoms with Crippen LogP contribution in [-0.2, 0) is 9.47 Å². The SMILES string of the molecule is CC.COc1nc(-c2cc(O)cc3cccc(F)c23)c(F)c2nc(OCC34CCCN(C5(O)CCOCC5)C3(O)CCC4)nc(N3CCOCC(O)C3)c12. The van der Waals surface area contributed by atoms with Crippen molar-refractivity contribution < 1.29 is 48.2 Å². The van der Waals surface area contributed by atoms with E-state index in [0.29, 0.717) is 70.2 Å². The number of hydrogen-bond acceptors (Lipinski definition) is 13. The number of halogens is 2. The van der Waals surface area contributed by atoms with E-state index in [2.05, 4.69) is 9.97 Å². The summed E-state index contributed by atoms with van der Waals surface area (Å²) in [4.78, 5) is 17.4. The minimum Gasteiger partial charge on any atom is -0.508 e. The molecule has 4 aliphatic rings. The Morgan fingerprint density at radius 1 is 0.926 bits per heavy atom. The molecule has 0 amide bonds. The molecule has 13 nitrogen and oxygen atoms in total. The van der Waals surface area contributed by atoms with Gasteiger partial charge in [0.15, 0.2) is 5.82 Å². The van der Waals surface area contributed by atoms with Gasteiger partial charge in [-0.25, -0.2) is 18.7 Å². The van der Waals surface area contributed by atoms with Crippen LogP contribution in [0, 0.1) is 17.0 Å². The fourth-order valence-electron chi connectivity index (χ4n) is 8.89. The van der Waals surface area contributed by atoms with Gasteiger partial charge in [0.25, 0.3) is 0 Å². The highest BCUT2D eigenvalue weighted by molar-refractivity contribution is 6.02. The monoisotopic (exact) mass is 753 g/mol. The highest BCUT2D eigenvalue weighted by Crippen LogP contribution is 2.56. The fraction of sp³-hybridized carbons (Fsp3) is 0.564. The molecule has 0 bridgehead atoms. The van der Waals surface area contributed by atoms with E-state index in [0.717, 1.165) is 6.42 Å². The van der Waals surface area contributed by atoms with Crippen LogP contribution in [0.2, 0.25) is 0 Å². The summed E-state index contributed by atoms with van der Waals surface area (Å²) in [6.45, 7) is 6.05. The van der Waals surface area contributed by atoms with Gasteiger partial charge in [0.05, 0.1) is 39.6 Å². The molecule has 15 heteroatoms. The predicted molar refractivity (Wildman–Crippen MR) is 196 cm³/mol. The Labute approximate surface area is 312 Å². The molecule has 3 aliphatic heterocycles. The number of aliphatic hydroxyl groups excluding tert-OH is 1. The first-order valence-electron chi connectivity index (χ1n) is 18.9. The molecule has 2 aromatic heterocycles. The van der Waals surface area contributed by atoms with E-state index < -0.39 is 34.6 Å². The topological polar surface area (TPSA) is 163 Å². The van der Waals surface area contributed by atoms with Crippen molar-refractivity contribution in [3.63, 3.8) is 0 Å². The van der Waals surface area contributed by atoms with E-state index in [1.54, 1.807) is 11.0 Å². The molecule has 4 N–H and O–H groups in total. The lowest BCUT2D eigenvalue weighted by atomic mass is 9.71. The van der Waals surface area contributed by atoms with Crippen molar-refractivity contribution >= 4 is 27.5 Å². The van der Waals surface area contributed by atoms with Crippen LogP contribution in [0.15, 0.2) is 30.3 Å². The molecule has 5 heterocycles. The number of methoxy groups -OCH3 is 1. The normalized spacial score (nSPS) is 25.9. The van der Waals surface area contributed by atoms with E-state index in [9.17, 15) is 20.4 Å². The third-order valence-electron chi connectivity index (χ3n) is 11.4. The van der Waals surface area contributed by atoms with Gasteiger partial charge >= 0.3 is 6.01 Å². The summed E-state index contributed by atoms with van der Waals surface area (Å²) in [5.74, 6) is -1.64. The Hall–Kier alpha value is -3.99. The molecule has 4 fully saturated rings. The average molecular weight is 754 g/mol. The van der Waals surface area contributed by atoms with Gasteiger partial charge in [-0.2, -0.15) is 9.97 Å². The second kappa shape index (κ2) is 15.3. The van der Waals surface area contributed by atoms with E-state index in [1.807, 2.05) is 18.7 Å². The maximum atomic E-state index is 17.1. The van der Waals surface area contributed by atoms with Gasteiger partial charge < -0.3 is 44.3 Å². The van der Waals surface area contributed by atoms with Crippen LogP contribution in [0.25, 0.3) is 32.9 Å². The van der Waals surface area contributed by atoms with Crippen LogP contribution in [0.3, 0.4) is 0 Å². The Bertz CT molecular complexity index is 2000. The van der Waals surface area contributed by atoms with Crippen LogP contribution in [-0.4, -0.2) is 118 Å². The van der Waals surface area contributed by atoms with Crippen molar-refractivity contribution in [2.45, 2.75) is 76.3 Å². The lowest BCUT2D eigenvalue weighted by molar-refractivity contribution is -0.302. The van der Waals surface area contributed by atoms with Crippen molar-refractivity contribution in [1.82, 2.24) is 19.9 Å². The van der Waals surface area contributed by atoms with Crippen molar-refractivity contribution in [2.75, 3.05) is 64.7 Å². The summed E-state index contributed by atoms with van der Waals surface area (Å²) >= 11 is 0. The van der Waals surface area contributed by atoms with E-state index in [1.165, 1.54) is 31.4 Å². The van der Waals surface area contributed by atoms with Crippen LogP contribution >= 0.6 is 0 Å². The number of nitrogens with zero attached hydrogens (tertiary/aromatic N) is 5. The standard InChI is InChI=1S/C37H43F2N5O8.C2H6/c1-49-33-28-31(29(39)30(40-33)25-18-23(45)17-22-5-2-6-26(38)27(22)25)41-34(42-32(28)43-13-16-51-20-24(46)19-43)52-21-35-7-3-9-37(35,48)44(12-4-8-35)36(47)10-14-50-15-11-36;1-2/h2,5-6,17-18,24,45-48H,3-4,7-16,19-21H2,1H3;1-2H3. The van der Waals surface area contributed by atoms with Crippen molar-refractivity contribution in [2.24, 2.45) is 5.41 Å². The van der Waals surface area contributed by atoms with E-state index in [4.69, 9.17) is 23.9 Å². The summed E-state index contributed by atoms with van der Waals surface area (Å²) in [5, 5.41) is 45.9. The van der Waals surface area contributed by atoms with Crippen LogP contribution in [0.4, 0.5) is 14.6 Å². The van der Waals surface area contributed by atoms with Crippen LogP contribution in [0.5, 0.6) is 17.6 Å². The van der Waals surface area contributed by atoms with Gasteiger partial charge in [0.1, 0.15) is 52.0 Å². The number of rotatable bonds is 7. The first kappa shape index (κ1) is 38.3. The second-order valence-electron chi connectivity index (χ2n) is 14.4. The van der Waals surface area contributed by atoms with E-state index in [-0.39, 0.29) is 77.4 Å². The number of aliphatic hydroxyl groups is 3. The fourth-order valence-corrected chi connectivity index (χ4v) is 8.89. The second-order valence-corrected chi connectivity index (χ2v) is 14.4. The van der Waals surface area contributed by atoms with Crippen molar-refractivity contribution in [1.29, 1.82) is 0 Å². The number of hydrogen-bond donors (Lipinski definition) is 4. The first-order valence-corrected chi connectivity index (χ1v) is 18.9. The molecule has 4 aromatic rings. The number of pyridine rings is 1. The van der Waals surface area contributed by atoms with Gasteiger partial charge in [-0.3, -0.25) is 0 Å². The number of β-amino-alcohol motifs (C(OH)–C–C–N with tert-alkyl or cyclic N) is 1. The summed E-state index contributed by atoms with van der Waals surface area (Å²) in [5.41, 5.74) is -3.89. The van der Waals surface area contributed by atoms with Crippen molar-refractivity contribution in [3.05, 3.63) is 42.0 Å². The largest absolute Gasteiger partial charge is 0.508 e. The molecule has 292 valence electrons. The predicted octanol–water partition coefficient (Wildman–Crippen LogP) is 4.89. The lowest BCUT2D eigenvalue weighted by Gasteiger charge is -2.58. The Kier molecular flexibility index (Phi) is 10.8. The molecule has 3 atom stereocenters. The number of aromatic hydroxyl groups is 1. The minimum atomic E-state index is -1.37. The quantitative estimate of drug-likeness (QED) is 0.202. The maximum Gasteiger partial charge on any atom is 0.319 e. The molecule has 0 radical (unpaired) electrons. The Morgan fingerprint density at radius 3 is 2.48 bits per heavy atom. The molecular weight excluding hydrogens is 704 g/mol. The molecular formula is C39H49F2N5O8. The molecule has 3 unspecified atom stereocenters. The van der Waals surface area contributed by atoms with Gasteiger partial charge in [0, 0.05) is 48.8 Å². The zero-order valence-electron chi connectivity index (χ0n) is 31.0. The Balaban J connectivity index is 0.00000221. The maximum absolute atomic E-state index is 17.1. The molecule has 54 heavy (non-hydrogen) atoms. The molecule has 1 saturated carbocycles. The third-order valence-corrected chi connectivity index (χ3v) is 11.4. The van der Waals surface area contributed by atoms with Gasteiger partial charge in [-0.1, -0.05) is 26.0 Å². The number of benzene rings is 2. The van der Waals surface area contributed by atoms with Crippen molar-refractivity contribution in [3.8, 4) is 28.9 Å². The van der Waals surface area contributed by atoms with Crippen LogP contribution < -0.4 is 14.4 Å². The number of ether oxygens (including phenoxy) is 4. The number of phenolic OH excluding ortho intramolecular Hbond substituents is 1. The minimum absolute atomic E-state index is 0.00437. The highest BCUT2D eigenvalue weighted by Gasteiger charge is 2.63. The third kappa shape index (κ3) is 6.58. The zero-order chi connectivity index (χ0) is 38.3.